The molecule has 196 valence electrons. The predicted octanol–water partition coefficient (Wildman–Crippen LogP) is 4.58. The lowest BCUT2D eigenvalue weighted by Gasteiger charge is -2.23. The van der Waals surface area contributed by atoms with Crippen molar-refractivity contribution in [3.05, 3.63) is 95.1 Å². The first kappa shape index (κ1) is 26.7. The second kappa shape index (κ2) is 12.3. The largest absolute Gasteiger partial charge is 0.494 e. The number of hydrogen-bond donors (Lipinski definition) is 1. The van der Waals surface area contributed by atoms with Gasteiger partial charge in [0.05, 0.1) is 25.1 Å². The van der Waals surface area contributed by atoms with Gasteiger partial charge in [0.2, 0.25) is 10.0 Å². The molecule has 37 heavy (non-hydrogen) atoms. The number of hydrogen-bond acceptors (Lipinski definition) is 5. The number of carbonyl (C=O) groups excluding carboxylic acids is 1. The van der Waals surface area contributed by atoms with Crippen LogP contribution in [0.15, 0.2) is 72.8 Å². The van der Waals surface area contributed by atoms with E-state index in [0.29, 0.717) is 30.2 Å². The van der Waals surface area contributed by atoms with Crippen molar-refractivity contribution in [3.8, 4) is 5.75 Å². The number of sulfonamides is 1. The molecule has 1 fully saturated rings. The minimum atomic E-state index is -3.51. The molecule has 1 N–H and O–H groups in total. The highest BCUT2D eigenvalue weighted by atomic mass is 32.2. The first-order chi connectivity index (χ1) is 17.8. The summed E-state index contributed by atoms with van der Waals surface area (Å²) in [6.07, 6.45) is 3.75. The number of nitrogens with zero attached hydrogens (tertiary/aromatic N) is 2. The van der Waals surface area contributed by atoms with Gasteiger partial charge < -0.3 is 10.1 Å². The van der Waals surface area contributed by atoms with Gasteiger partial charge in [-0.25, -0.2) is 8.42 Å². The van der Waals surface area contributed by atoms with Crippen LogP contribution >= 0.6 is 0 Å². The fourth-order valence-electron chi connectivity index (χ4n) is 4.45. The lowest BCUT2D eigenvalue weighted by Crippen LogP contribution is -2.29. The minimum absolute atomic E-state index is 0.165. The van der Waals surface area contributed by atoms with Gasteiger partial charge in [-0.2, -0.15) is 0 Å². The Morgan fingerprint density at radius 1 is 0.892 bits per heavy atom. The maximum atomic E-state index is 12.7. The standard InChI is InChI=1S/C29H35N3O4S/c1-3-36-28-16-14-27(15-17-28)32(37(2,34)35)22-25-10-12-26(13-11-25)29(33)30-20-23-6-8-24(9-7-23)21-31-18-4-5-19-31/h6-17H,3-5,18-22H2,1-2H3,(H,30,33). The van der Waals surface area contributed by atoms with Gasteiger partial charge in [0.25, 0.3) is 5.91 Å². The number of rotatable bonds is 11. The summed E-state index contributed by atoms with van der Waals surface area (Å²) in [6, 6.07) is 22.4. The monoisotopic (exact) mass is 521 g/mol. The number of carbonyl (C=O) groups is 1. The normalized spacial score (nSPS) is 13.9. The zero-order chi connectivity index (χ0) is 26.3. The molecule has 0 aliphatic carbocycles. The van der Waals surface area contributed by atoms with Gasteiger partial charge in [0.1, 0.15) is 5.75 Å². The Balaban J connectivity index is 1.33. The highest BCUT2D eigenvalue weighted by molar-refractivity contribution is 7.92. The van der Waals surface area contributed by atoms with Gasteiger partial charge >= 0.3 is 0 Å². The van der Waals surface area contributed by atoms with E-state index in [1.165, 1.54) is 42.1 Å². The molecular formula is C29H35N3O4S. The van der Waals surface area contributed by atoms with Crippen LogP contribution < -0.4 is 14.4 Å². The van der Waals surface area contributed by atoms with E-state index in [4.69, 9.17) is 4.74 Å². The highest BCUT2D eigenvalue weighted by Crippen LogP contribution is 2.24. The Labute approximate surface area is 220 Å². The van der Waals surface area contributed by atoms with Crippen molar-refractivity contribution in [1.82, 2.24) is 10.2 Å². The summed E-state index contributed by atoms with van der Waals surface area (Å²) < 4.78 is 31.7. The van der Waals surface area contributed by atoms with Crippen molar-refractivity contribution in [2.24, 2.45) is 0 Å². The number of benzene rings is 3. The third kappa shape index (κ3) is 7.57. The van der Waals surface area contributed by atoms with Gasteiger partial charge in [-0.3, -0.25) is 14.0 Å². The summed E-state index contributed by atoms with van der Waals surface area (Å²) in [6.45, 7) is 6.38. The third-order valence-corrected chi connectivity index (χ3v) is 7.60. The molecule has 0 spiro atoms. The quantitative estimate of drug-likeness (QED) is 0.400. The predicted molar refractivity (Wildman–Crippen MR) is 147 cm³/mol. The van der Waals surface area contributed by atoms with Crippen molar-refractivity contribution in [3.63, 3.8) is 0 Å². The zero-order valence-electron chi connectivity index (χ0n) is 21.5. The first-order valence-electron chi connectivity index (χ1n) is 12.7. The molecule has 1 saturated heterocycles. The van der Waals surface area contributed by atoms with Crippen molar-refractivity contribution in [2.75, 3.05) is 30.3 Å². The van der Waals surface area contributed by atoms with Gasteiger partial charge in [0.15, 0.2) is 0 Å². The molecule has 0 saturated carbocycles. The van der Waals surface area contributed by atoms with Gasteiger partial charge in [-0.1, -0.05) is 36.4 Å². The molecule has 0 atom stereocenters. The summed E-state index contributed by atoms with van der Waals surface area (Å²) in [5.41, 5.74) is 4.21. The van der Waals surface area contributed by atoms with Crippen molar-refractivity contribution >= 4 is 21.6 Å². The Morgan fingerprint density at radius 2 is 1.49 bits per heavy atom. The third-order valence-electron chi connectivity index (χ3n) is 6.46. The Morgan fingerprint density at radius 3 is 2.08 bits per heavy atom. The molecule has 0 unspecified atom stereocenters. The topological polar surface area (TPSA) is 79.0 Å². The molecule has 3 aromatic rings. The van der Waals surface area contributed by atoms with Crippen LogP contribution in [0.2, 0.25) is 0 Å². The average molecular weight is 522 g/mol. The molecular weight excluding hydrogens is 486 g/mol. The number of anilines is 1. The molecule has 1 aliphatic rings. The maximum Gasteiger partial charge on any atom is 0.251 e. The fraction of sp³-hybridized carbons (Fsp3) is 0.345. The van der Waals surface area contributed by atoms with Crippen LogP contribution in [-0.4, -0.2) is 45.2 Å². The van der Waals surface area contributed by atoms with E-state index in [0.717, 1.165) is 17.7 Å². The van der Waals surface area contributed by atoms with E-state index >= 15 is 0 Å². The van der Waals surface area contributed by atoms with E-state index in [2.05, 4.69) is 34.5 Å². The summed E-state index contributed by atoms with van der Waals surface area (Å²) in [7, 11) is -3.51. The SMILES string of the molecule is CCOc1ccc(N(Cc2ccc(C(=O)NCc3ccc(CN4CCCC4)cc3)cc2)S(C)(=O)=O)cc1. The molecule has 1 amide bonds. The van der Waals surface area contributed by atoms with E-state index in [9.17, 15) is 13.2 Å². The van der Waals surface area contributed by atoms with Crippen LogP contribution in [0.3, 0.4) is 0 Å². The van der Waals surface area contributed by atoms with E-state index in [1.54, 1.807) is 48.5 Å². The molecule has 0 aromatic heterocycles. The minimum Gasteiger partial charge on any atom is -0.494 e. The van der Waals surface area contributed by atoms with Crippen molar-refractivity contribution in [1.29, 1.82) is 0 Å². The second-order valence-electron chi connectivity index (χ2n) is 9.38. The second-order valence-corrected chi connectivity index (χ2v) is 11.3. The molecule has 0 bridgehead atoms. The molecule has 7 nitrogen and oxygen atoms in total. The van der Waals surface area contributed by atoms with Gasteiger partial charge in [0, 0.05) is 18.7 Å². The Hall–Kier alpha value is -3.36. The van der Waals surface area contributed by atoms with Crippen molar-refractivity contribution < 1.29 is 17.9 Å². The average Bonchev–Trinajstić information content (AvgIpc) is 3.40. The molecule has 1 aliphatic heterocycles. The number of ether oxygens (including phenoxy) is 1. The molecule has 0 radical (unpaired) electrons. The number of likely N-dealkylation sites (tertiary alicyclic amines) is 1. The first-order valence-corrected chi connectivity index (χ1v) is 14.5. The lowest BCUT2D eigenvalue weighted by atomic mass is 10.1. The van der Waals surface area contributed by atoms with Crippen LogP contribution in [0.4, 0.5) is 5.69 Å². The summed E-state index contributed by atoms with van der Waals surface area (Å²) in [4.78, 5) is 15.1. The number of nitrogens with one attached hydrogen (secondary N) is 1. The van der Waals surface area contributed by atoms with Crippen LogP contribution in [0.1, 0.15) is 46.8 Å². The smallest absolute Gasteiger partial charge is 0.251 e. The fourth-order valence-corrected chi connectivity index (χ4v) is 5.34. The van der Waals surface area contributed by atoms with Gasteiger partial charge in [-0.15, -0.1) is 0 Å². The van der Waals surface area contributed by atoms with Gasteiger partial charge in [-0.05, 0) is 85.9 Å². The zero-order valence-corrected chi connectivity index (χ0v) is 22.3. The van der Waals surface area contributed by atoms with E-state index in [-0.39, 0.29) is 12.5 Å². The molecule has 4 rings (SSSR count). The van der Waals surface area contributed by atoms with Crippen LogP contribution in [0, 0.1) is 0 Å². The molecule has 3 aromatic carbocycles. The summed E-state index contributed by atoms with van der Waals surface area (Å²) >= 11 is 0. The maximum absolute atomic E-state index is 12.7. The Bertz CT molecular complexity index is 1270. The molecule has 8 heteroatoms. The van der Waals surface area contributed by atoms with Crippen LogP contribution in [0.25, 0.3) is 0 Å². The van der Waals surface area contributed by atoms with E-state index in [1.807, 2.05) is 6.92 Å². The Kier molecular flexibility index (Phi) is 8.84. The highest BCUT2D eigenvalue weighted by Gasteiger charge is 2.18. The molecule has 1 heterocycles. The van der Waals surface area contributed by atoms with Crippen molar-refractivity contribution in [2.45, 2.75) is 39.4 Å². The lowest BCUT2D eigenvalue weighted by molar-refractivity contribution is 0.0951. The van der Waals surface area contributed by atoms with Crippen LogP contribution in [0.5, 0.6) is 5.75 Å². The van der Waals surface area contributed by atoms with Crippen LogP contribution in [-0.2, 0) is 29.7 Å². The number of amides is 1. The van der Waals surface area contributed by atoms with E-state index < -0.39 is 10.0 Å². The summed E-state index contributed by atoms with van der Waals surface area (Å²) in [5, 5.41) is 2.97. The summed E-state index contributed by atoms with van der Waals surface area (Å²) in [5.74, 6) is 0.521.